The fraction of sp³-hybridized carbons (Fsp3) is 0.250. The quantitative estimate of drug-likeness (QED) is 0.735. The van der Waals surface area contributed by atoms with Gasteiger partial charge in [0, 0.05) is 12.1 Å². The number of nitrogens with two attached hydrogens (primary N) is 1. The van der Waals surface area contributed by atoms with Gasteiger partial charge in [-0.2, -0.15) is 0 Å². The lowest BCUT2D eigenvalue weighted by Crippen LogP contribution is -2.21. The Bertz CT molecular complexity index is 541. The van der Waals surface area contributed by atoms with Gasteiger partial charge in [-0.05, 0) is 43.7 Å². The van der Waals surface area contributed by atoms with Crippen LogP contribution < -0.4 is 11.1 Å². The molecule has 100 valence electrons. The highest BCUT2D eigenvalue weighted by Crippen LogP contribution is 2.23. The summed E-state index contributed by atoms with van der Waals surface area (Å²) in [4.78, 5) is 0. The SMILES string of the molecule is CC(C)(O)Cc1ccc(Nc2ccccc2N)cc1. The molecular formula is C16H20N2O. The Kier molecular flexibility index (Phi) is 3.76. The Morgan fingerprint density at radius 3 is 2.26 bits per heavy atom. The topological polar surface area (TPSA) is 58.3 Å². The zero-order chi connectivity index (χ0) is 13.9. The Morgan fingerprint density at radius 2 is 1.68 bits per heavy atom. The van der Waals surface area contributed by atoms with E-state index in [2.05, 4.69) is 5.32 Å². The fourth-order valence-corrected chi connectivity index (χ4v) is 1.97. The molecule has 2 rings (SSSR count). The van der Waals surface area contributed by atoms with E-state index in [1.807, 2.05) is 62.4 Å². The standard InChI is InChI=1S/C16H20N2O/c1-16(2,19)11-12-7-9-13(10-8-12)18-15-6-4-3-5-14(15)17/h3-10,18-19H,11,17H2,1-2H3. The molecule has 2 aromatic rings. The molecule has 0 unspecified atom stereocenters. The van der Waals surface area contributed by atoms with Crippen molar-refractivity contribution < 1.29 is 5.11 Å². The number of aliphatic hydroxyl groups is 1. The maximum Gasteiger partial charge on any atom is 0.0631 e. The van der Waals surface area contributed by atoms with E-state index in [4.69, 9.17) is 5.73 Å². The second kappa shape index (κ2) is 5.33. The van der Waals surface area contributed by atoms with Crippen molar-refractivity contribution in [3.05, 3.63) is 54.1 Å². The van der Waals surface area contributed by atoms with Crippen LogP contribution in [0.4, 0.5) is 17.1 Å². The molecular weight excluding hydrogens is 236 g/mol. The minimum Gasteiger partial charge on any atom is -0.397 e. The van der Waals surface area contributed by atoms with E-state index >= 15 is 0 Å². The summed E-state index contributed by atoms with van der Waals surface area (Å²) >= 11 is 0. The molecule has 0 spiro atoms. The van der Waals surface area contributed by atoms with Gasteiger partial charge in [0.05, 0.1) is 17.0 Å². The molecule has 0 fully saturated rings. The third kappa shape index (κ3) is 4.00. The highest BCUT2D eigenvalue weighted by atomic mass is 16.3. The van der Waals surface area contributed by atoms with Crippen LogP contribution >= 0.6 is 0 Å². The first-order valence-corrected chi connectivity index (χ1v) is 6.37. The summed E-state index contributed by atoms with van der Waals surface area (Å²) in [6, 6.07) is 15.7. The smallest absolute Gasteiger partial charge is 0.0631 e. The van der Waals surface area contributed by atoms with E-state index in [0.717, 1.165) is 22.6 Å². The lowest BCUT2D eigenvalue weighted by Gasteiger charge is -2.17. The van der Waals surface area contributed by atoms with E-state index in [-0.39, 0.29) is 0 Å². The number of anilines is 3. The largest absolute Gasteiger partial charge is 0.397 e. The van der Waals surface area contributed by atoms with Crippen LogP contribution in [0.1, 0.15) is 19.4 Å². The number of benzene rings is 2. The van der Waals surface area contributed by atoms with Gasteiger partial charge >= 0.3 is 0 Å². The molecule has 0 aliphatic carbocycles. The molecule has 0 saturated carbocycles. The van der Waals surface area contributed by atoms with Gasteiger partial charge in [0.15, 0.2) is 0 Å². The monoisotopic (exact) mass is 256 g/mol. The number of hydrogen-bond donors (Lipinski definition) is 3. The third-order valence-electron chi connectivity index (χ3n) is 2.83. The van der Waals surface area contributed by atoms with Crippen molar-refractivity contribution in [1.29, 1.82) is 0 Å². The molecule has 0 heterocycles. The van der Waals surface area contributed by atoms with E-state index in [1.54, 1.807) is 0 Å². The van der Waals surface area contributed by atoms with Gasteiger partial charge in [-0.1, -0.05) is 24.3 Å². The zero-order valence-corrected chi connectivity index (χ0v) is 11.4. The van der Waals surface area contributed by atoms with Crippen LogP contribution in [0.15, 0.2) is 48.5 Å². The van der Waals surface area contributed by atoms with Crippen molar-refractivity contribution in [3.63, 3.8) is 0 Å². The van der Waals surface area contributed by atoms with E-state index in [0.29, 0.717) is 6.42 Å². The molecule has 0 bridgehead atoms. The summed E-state index contributed by atoms with van der Waals surface area (Å²) < 4.78 is 0. The van der Waals surface area contributed by atoms with Crippen LogP contribution in [0, 0.1) is 0 Å². The highest BCUT2D eigenvalue weighted by Gasteiger charge is 2.12. The Balaban J connectivity index is 2.09. The van der Waals surface area contributed by atoms with Gasteiger partial charge in [0.25, 0.3) is 0 Å². The minimum atomic E-state index is -0.682. The minimum absolute atomic E-state index is 0.640. The van der Waals surface area contributed by atoms with Crippen molar-refractivity contribution in [2.24, 2.45) is 0 Å². The average Bonchev–Trinajstić information content (AvgIpc) is 2.33. The molecule has 0 radical (unpaired) electrons. The van der Waals surface area contributed by atoms with Crippen LogP contribution in [0.3, 0.4) is 0 Å². The molecule has 19 heavy (non-hydrogen) atoms. The van der Waals surface area contributed by atoms with Gasteiger partial charge < -0.3 is 16.2 Å². The maximum atomic E-state index is 9.78. The molecule has 2 aromatic carbocycles. The lowest BCUT2D eigenvalue weighted by molar-refractivity contribution is 0.0810. The van der Waals surface area contributed by atoms with Gasteiger partial charge in [0.1, 0.15) is 0 Å². The summed E-state index contributed by atoms with van der Waals surface area (Å²) in [5, 5.41) is 13.1. The average molecular weight is 256 g/mol. The molecule has 0 aliphatic rings. The van der Waals surface area contributed by atoms with Crippen LogP contribution in [-0.2, 0) is 6.42 Å². The van der Waals surface area contributed by atoms with Gasteiger partial charge in [-0.15, -0.1) is 0 Å². The first-order chi connectivity index (χ1) is 8.94. The van der Waals surface area contributed by atoms with Crippen molar-refractivity contribution in [2.75, 3.05) is 11.1 Å². The van der Waals surface area contributed by atoms with Crippen molar-refractivity contribution in [3.8, 4) is 0 Å². The predicted molar refractivity (Wildman–Crippen MR) is 80.6 cm³/mol. The Hall–Kier alpha value is -2.00. The number of para-hydroxylation sites is 2. The van der Waals surface area contributed by atoms with E-state index in [1.165, 1.54) is 0 Å². The summed E-state index contributed by atoms with van der Waals surface area (Å²) in [6.07, 6.45) is 0.640. The fourth-order valence-electron chi connectivity index (χ4n) is 1.97. The molecule has 0 atom stereocenters. The van der Waals surface area contributed by atoms with Crippen LogP contribution in [0.2, 0.25) is 0 Å². The molecule has 0 aliphatic heterocycles. The van der Waals surface area contributed by atoms with Gasteiger partial charge in [-0.3, -0.25) is 0 Å². The molecule has 0 saturated heterocycles. The van der Waals surface area contributed by atoms with E-state index < -0.39 is 5.60 Å². The van der Waals surface area contributed by atoms with Crippen molar-refractivity contribution in [2.45, 2.75) is 25.9 Å². The summed E-state index contributed by atoms with van der Waals surface area (Å²) in [5.74, 6) is 0. The summed E-state index contributed by atoms with van der Waals surface area (Å²) in [7, 11) is 0. The Labute approximate surface area is 114 Å². The lowest BCUT2D eigenvalue weighted by atomic mass is 9.99. The third-order valence-corrected chi connectivity index (χ3v) is 2.83. The highest BCUT2D eigenvalue weighted by molar-refractivity contribution is 5.72. The van der Waals surface area contributed by atoms with Crippen LogP contribution in [0.5, 0.6) is 0 Å². The van der Waals surface area contributed by atoms with Crippen LogP contribution in [-0.4, -0.2) is 10.7 Å². The van der Waals surface area contributed by atoms with Gasteiger partial charge in [-0.25, -0.2) is 0 Å². The molecule has 0 aromatic heterocycles. The molecule has 0 amide bonds. The first kappa shape index (κ1) is 13.4. The number of nitrogen functional groups attached to an aromatic ring is 1. The Morgan fingerprint density at radius 1 is 1.05 bits per heavy atom. The second-order valence-corrected chi connectivity index (χ2v) is 5.40. The zero-order valence-electron chi connectivity index (χ0n) is 11.4. The van der Waals surface area contributed by atoms with Gasteiger partial charge in [0.2, 0.25) is 0 Å². The molecule has 3 heteroatoms. The summed E-state index contributed by atoms with van der Waals surface area (Å²) in [6.45, 7) is 3.62. The number of rotatable bonds is 4. The first-order valence-electron chi connectivity index (χ1n) is 6.37. The van der Waals surface area contributed by atoms with Crippen LogP contribution in [0.25, 0.3) is 0 Å². The number of nitrogens with one attached hydrogen (secondary N) is 1. The number of hydrogen-bond acceptors (Lipinski definition) is 3. The van der Waals surface area contributed by atoms with Crippen molar-refractivity contribution >= 4 is 17.1 Å². The molecule has 4 N–H and O–H groups in total. The second-order valence-electron chi connectivity index (χ2n) is 5.40. The predicted octanol–water partition coefficient (Wildman–Crippen LogP) is 3.33. The maximum absolute atomic E-state index is 9.78. The molecule has 3 nitrogen and oxygen atoms in total. The summed E-state index contributed by atoms with van der Waals surface area (Å²) in [5.41, 5.74) is 8.92. The van der Waals surface area contributed by atoms with Crippen molar-refractivity contribution in [1.82, 2.24) is 0 Å². The normalized spacial score (nSPS) is 11.3. The van der Waals surface area contributed by atoms with E-state index in [9.17, 15) is 5.11 Å².